The van der Waals surface area contributed by atoms with Crippen LogP contribution in [-0.2, 0) is 11.3 Å². The molecule has 1 heterocycles. The van der Waals surface area contributed by atoms with Gasteiger partial charge in [-0.3, -0.25) is 14.6 Å². The minimum Gasteiger partial charge on any atom is -0.497 e. The van der Waals surface area contributed by atoms with Crippen molar-refractivity contribution in [2.45, 2.75) is 65.0 Å². The Bertz CT molecular complexity index is 682. The molecule has 1 aromatic rings. The molecule has 1 aromatic carbocycles. The van der Waals surface area contributed by atoms with Crippen LogP contribution in [0.4, 0.5) is 0 Å². The fourth-order valence-electron chi connectivity index (χ4n) is 3.84. The van der Waals surface area contributed by atoms with Gasteiger partial charge >= 0.3 is 0 Å². The Morgan fingerprint density at radius 3 is 2.38 bits per heavy atom. The SMILES string of the molecule is [2H]C1CC(C)(C)N(CC2(C)CCC(=O)CC2)C([2H])N1Cc1ccc(OC)cc1. The Labute approximate surface area is 161 Å². The van der Waals surface area contributed by atoms with E-state index in [1.54, 1.807) is 7.11 Å². The van der Waals surface area contributed by atoms with Crippen LogP contribution in [0.3, 0.4) is 0 Å². The average Bonchev–Trinajstić information content (AvgIpc) is 2.65. The minimum atomic E-state index is -0.567. The summed E-state index contributed by atoms with van der Waals surface area (Å²) in [6, 6.07) is 7.88. The van der Waals surface area contributed by atoms with E-state index in [2.05, 4.69) is 25.7 Å². The van der Waals surface area contributed by atoms with Gasteiger partial charge in [0.25, 0.3) is 0 Å². The molecule has 2 fully saturated rings. The summed E-state index contributed by atoms with van der Waals surface area (Å²) in [6.45, 7) is 6.96. The molecule has 1 aliphatic heterocycles. The molecule has 3 rings (SSSR count). The van der Waals surface area contributed by atoms with Crippen LogP contribution >= 0.6 is 0 Å². The van der Waals surface area contributed by atoms with Gasteiger partial charge in [0.2, 0.25) is 0 Å². The average molecular weight is 361 g/mol. The molecule has 2 unspecified atom stereocenters. The van der Waals surface area contributed by atoms with Crippen molar-refractivity contribution in [1.29, 1.82) is 0 Å². The molecule has 1 saturated carbocycles. The van der Waals surface area contributed by atoms with Crippen LogP contribution in [0.15, 0.2) is 24.3 Å². The number of rotatable bonds is 5. The molecule has 2 aliphatic rings. The Balaban J connectivity index is 1.76. The predicted molar refractivity (Wildman–Crippen MR) is 105 cm³/mol. The third kappa shape index (κ3) is 4.66. The zero-order valence-electron chi connectivity index (χ0n) is 18.6. The second-order valence-corrected chi connectivity index (χ2v) is 8.81. The van der Waals surface area contributed by atoms with Crippen LogP contribution in [0.1, 0.15) is 61.2 Å². The first-order chi connectivity index (χ1) is 13.1. The quantitative estimate of drug-likeness (QED) is 0.792. The van der Waals surface area contributed by atoms with Crippen molar-refractivity contribution in [2.24, 2.45) is 5.41 Å². The molecule has 0 spiro atoms. The molecule has 26 heavy (non-hydrogen) atoms. The van der Waals surface area contributed by atoms with Crippen LogP contribution in [-0.4, -0.2) is 47.9 Å². The molecule has 0 radical (unpaired) electrons. The molecule has 4 nitrogen and oxygen atoms in total. The van der Waals surface area contributed by atoms with Crippen LogP contribution in [0.25, 0.3) is 0 Å². The second-order valence-electron chi connectivity index (χ2n) is 8.81. The van der Waals surface area contributed by atoms with E-state index in [0.717, 1.165) is 30.7 Å². The largest absolute Gasteiger partial charge is 0.497 e. The van der Waals surface area contributed by atoms with Crippen molar-refractivity contribution >= 4 is 5.78 Å². The zero-order valence-corrected chi connectivity index (χ0v) is 16.6. The second kappa shape index (κ2) is 7.69. The van der Waals surface area contributed by atoms with Gasteiger partial charge in [0.15, 0.2) is 0 Å². The Kier molecular flexibility index (Phi) is 4.96. The van der Waals surface area contributed by atoms with Gasteiger partial charge in [0.05, 0.1) is 15.1 Å². The van der Waals surface area contributed by atoms with Crippen LogP contribution in [0.5, 0.6) is 5.75 Å². The number of Topliss-reactive ketones (excluding diaryl/α,β-unsaturated/α-hetero) is 1. The first-order valence-corrected chi connectivity index (χ1v) is 9.65. The number of benzene rings is 1. The van der Waals surface area contributed by atoms with E-state index in [-0.39, 0.29) is 11.0 Å². The molecule has 0 bridgehead atoms. The Morgan fingerprint density at radius 1 is 1.12 bits per heavy atom. The predicted octanol–water partition coefficient (Wildman–Crippen LogP) is 4.09. The molecule has 0 aromatic heterocycles. The highest BCUT2D eigenvalue weighted by Crippen LogP contribution is 2.38. The molecule has 144 valence electrons. The molecule has 0 N–H and O–H groups in total. The molecule has 0 amide bonds. The molecular formula is C22H34N2O2. The van der Waals surface area contributed by atoms with Gasteiger partial charge < -0.3 is 4.74 Å². The first kappa shape index (κ1) is 16.8. The highest BCUT2D eigenvalue weighted by Gasteiger charge is 2.39. The van der Waals surface area contributed by atoms with Gasteiger partial charge in [-0.05, 0) is 56.2 Å². The Hall–Kier alpha value is -1.39. The fourth-order valence-corrected chi connectivity index (χ4v) is 3.84. The summed E-state index contributed by atoms with van der Waals surface area (Å²) in [4.78, 5) is 15.9. The third-order valence-electron chi connectivity index (χ3n) is 5.98. The summed E-state index contributed by atoms with van der Waals surface area (Å²) >= 11 is 0. The number of hydrogen-bond acceptors (Lipinski definition) is 4. The van der Waals surface area contributed by atoms with Gasteiger partial charge in [-0.15, -0.1) is 0 Å². The topological polar surface area (TPSA) is 32.8 Å². The van der Waals surface area contributed by atoms with Gasteiger partial charge in [-0.25, -0.2) is 0 Å². The highest BCUT2D eigenvalue weighted by molar-refractivity contribution is 5.79. The summed E-state index contributed by atoms with van der Waals surface area (Å²) in [5.41, 5.74) is 0.939. The normalized spacial score (nSPS) is 30.5. The molecule has 1 aliphatic carbocycles. The molecule has 4 heteroatoms. The maximum atomic E-state index is 11.7. The van der Waals surface area contributed by atoms with Crippen LogP contribution in [0.2, 0.25) is 0 Å². The van der Waals surface area contributed by atoms with E-state index in [1.807, 2.05) is 29.2 Å². The minimum absolute atomic E-state index is 0.0606. The van der Waals surface area contributed by atoms with Crippen molar-refractivity contribution < 1.29 is 12.3 Å². The molecule has 1 saturated heterocycles. The highest BCUT2D eigenvalue weighted by atomic mass is 16.5. The van der Waals surface area contributed by atoms with Crippen molar-refractivity contribution in [3.63, 3.8) is 0 Å². The number of methoxy groups -OCH3 is 1. The lowest BCUT2D eigenvalue weighted by Crippen LogP contribution is -2.58. The maximum Gasteiger partial charge on any atom is 0.132 e. The summed E-state index contributed by atoms with van der Waals surface area (Å²) in [7, 11) is 1.65. The standard InChI is InChI=1S/C22H34N2O2/c1-21(2)13-14-23(15-18-5-7-20(26-4)8-6-18)17-24(21)16-22(3)11-9-19(25)10-12-22/h5-8H,9-17H2,1-4H3/i14D,17D. The van der Waals surface area contributed by atoms with E-state index < -0.39 is 13.2 Å². The van der Waals surface area contributed by atoms with Crippen molar-refractivity contribution in [2.75, 3.05) is 26.8 Å². The maximum absolute atomic E-state index is 11.7. The number of ether oxygens (including phenoxy) is 1. The summed E-state index contributed by atoms with van der Waals surface area (Å²) in [6.07, 6.45) is 3.81. The van der Waals surface area contributed by atoms with Crippen molar-refractivity contribution in [3.8, 4) is 5.75 Å². The summed E-state index contributed by atoms with van der Waals surface area (Å²) < 4.78 is 22.9. The lowest BCUT2D eigenvalue weighted by molar-refractivity contribution is -0.123. The number of ketones is 1. The van der Waals surface area contributed by atoms with E-state index >= 15 is 0 Å². The summed E-state index contributed by atoms with van der Waals surface area (Å²) in [5.74, 6) is 1.18. The van der Waals surface area contributed by atoms with E-state index in [4.69, 9.17) is 7.48 Å². The van der Waals surface area contributed by atoms with Crippen LogP contribution in [0, 0.1) is 5.41 Å². The smallest absolute Gasteiger partial charge is 0.132 e. The molecular weight excluding hydrogens is 324 g/mol. The number of carbonyl (C=O) groups is 1. The van der Waals surface area contributed by atoms with Gasteiger partial charge in [-0.1, -0.05) is 19.1 Å². The van der Waals surface area contributed by atoms with E-state index in [1.165, 1.54) is 0 Å². The van der Waals surface area contributed by atoms with Gasteiger partial charge in [0, 0.05) is 39.4 Å². The number of hydrogen-bond donors (Lipinski definition) is 0. The lowest BCUT2D eigenvalue weighted by atomic mass is 9.74. The van der Waals surface area contributed by atoms with Crippen molar-refractivity contribution in [1.82, 2.24) is 9.80 Å². The van der Waals surface area contributed by atoms with E-state index in [0.29, 0.717) is 31.6 Å². The van der Waals surface area contributed by atoms with E-state index in [9.17, 15) is 4.79 Å². The van der Waals surface area contributed by atoms with Crippen molar-refractivity contribution in [3.05, 3.63) is 29.8 Å². The Morgan fingerprint density at radius 2 is 1.77 bits per heavy atom. The first-order valence-electron chi connectivity index (χ1n) is 10.8. The third-order valence-corrected chi connectivity index (χ3v) is 5.98. The fraction of sp³-hybridized carbons (Fsp3) is 0.682. The van der Waals surface area contributed by atoms with Crippen LogP contribution < -0.4 is 4.74 Å². The summed E-state index contributed by atoms with van der Waals surface area (Å²) in [5, 5.41) is 0. The zero-order chi connectivity index (χ0) is 20.5. The van der Waals surface area contributed by atoms with Gasteiger partial charge in [-0.2, -0.15) is 0 Å². The monoisotopic (exact) mass is 360 g/mol. The number of carbonyl (C=O) groups excluding carboxylic acids is 1. The lowest BCUT2D eigenvalue weighted by Gasteiger charge is -2.51. The number of nitrogens with zero attached hydrogens (tertiary/aromatic N) is 2. The van der Waals surface area contributed by atoms with Gasteiger partial charge in [0.1, 0.15) is 11.5 Å². The molecule has 2 atom stereocenters.